The molecule has 1 unspecified atom stereocenters. The van der Waals surface area contributed by atoms with Crippen LogP contribution < -0.4 is 4.74 Å². The van der Waals surface area contributed by atoms with Crippen LogP contribution in [0.2, 0.25) is 0 Å². The second kappa shape index (κ2) is 5.79. The van der Waals surface area contributed by atoms with Gasteiger partial charge in [-0.15, -0.1) is 0 Å². The van der Waals surface area contributed by atoms with E-state index in [-0.39, 0.29) is 29.2 Å². The van der Waals surface area contributed by atoms with E-state index in [1.165, 1.54) is 19.1 Å². The lowest BCUT2D eigenvalue weighted by Gasteiger charge is -2.18. The molecule has 0 saturated carbocycles. The number of halogens is 5. The summed E-state index contributed by atoms with van der Waals surface area (Å²) in [4.78, 5) is 15.4. The second-order valence-corrected chi connectivity index (χ2v) is 6.05. The van der Waals surface area contributed by atoms with Crippen molar-refractivity contribution in [3.63, 3.8) is 0 Å². The Bertz CT molecular complexity index is 832. The Labute approximate surface area is 139 Å². The van der Waals surface area contributed by atoms with Crippen molar-refractivity contribution in [2.24, 2.45) is 0 Å². The lowest BCUT2D eigenvalue weighted by Crippen LogP contribution is -2.28. The molecule has 1 aromatic heterocycles. The van der Waals surface area contributed by atoms with Gasteiger partial charge in [-0.2, -0.15) is 13.2 Å². The maximum Gasteiger partial charge on any atom is 0.456 e. The van der Waals surface area contributed by atoms with Crippen molar-refractivity contribution in [2.75, 3.05) is 13.3 Å². The third-order valence-corrected chi connectivity index (χ3v) is 4.06. The highest BCUT2D eigenvalue weighted by Gasteiger charge is 2.44. The van der Waals surface area contributed by atoms with Crippen molar-refractivity contribution in [2.45, 2.75) is 18.5 Å². The topological polar surface area (TPSA) is 39.2 Å². The van der Waals surface area contributed by atoms with E-state index in [9.17, 15) is 26.7 Å². The smallest absolute Gasteiger partial charge is 0.456 e. The lowest BCUT2D eigenvalue weighted by atomic mass is 9.85. The number of ketones is 1. The predicted molar refractivity (Wildman–Crippen MR) is 78.8 cm³/mol. The molecule has 0 spiro atoms. The lowest BCUT2D eigenvalue weighted by molar-refractivity contribution is -0.0888. The first-order chi connectivity index (χ1) is 11.7. The van der Waals surface area contributed by atoms with Crippen molar-refractivity contribution in [3.05, 3.63) is 47.4 Å². The third kappa shape index (κ3) is 2.96. The molecule has 0 saturated heterocycles. The molecule has 1 aliphatic heterocycles. The second-order valence-electron chi connectivity index (χ2n) is 6.05. The molecule has 0 fully saturated rings. The van der Waals surface area contributed by atoms with Crippen LogP contribution >= 0.6 is 0 Å². The molecule has 0 bridgehead atoms. The minimum absolute atomic E-state index is 0.0534. The summed E-state index contributed by atoms with van der Waals surface area (Å²) >= 11 is 0. The molecule has 25 heavy (non-hydrogen) atoms. The summed E-state index contributed by atoms with van der Waals surface area (Å²) in [5, 5.41) is 0. The van der Waals surface area contributed by atoms with Gasteiger partial charge in [0.05, 0.1) is 5.41 Å². The first-order valence-corrected chi connectivity index (χ1v) is 7.27. The summed E-state index contributed by atoms with van der Waals surface area (Å²) in [6, 6.07) is 5.73. The number of pyridine rings is 1. The van der Waals surface area contributed by atoms with Gasteiger partial charge < -0.3 is 4.74 Å². The fourth-order valence-electron chi connectivity index (χ4n) is 2.61. The van der Waals surface area contributed by atoms with E-state index in [0.717, 1.165) is 18.2 Å². The van der Waals surface area contributed by atoms with Crippen LogP contribution in [0.3, 0.4) is 0 Å². The van der Waals surface area contributed by atoms with Gasteiger partial charge in [-0.1, -0.05) is 0 Å². The summed E-state index contributed by atoms with van der Waals surface area (Å²) in [6.07, 6.45) is -5.12. The Balaban J connectivity index is 2.24. The maximum atomic E-state index is 13.5. The Morgan fingerprint density at radius 2 is 1.92 bits per heavy atom. The number of carbonyl (C=O) groups excluding carboxylic acids is 1. The normalized spacial score (nSPS) is 19.4. The zero-order chi connectivity index (χ0) is 18.4. The number of fused-ring (bicyclic) bond motifs is 1. The van der Waals surface area contributed by atoms with Crippen LogP contribution in [-0.4, -0.2) is 30.2 Å². The van der Waals surface area contributed by atoms with E-state index in [2.05, 4.69) is 4.98 Å². The highest BCUT2D eigenvalue weighted by molar-refractivity contribution is 5.99. The summed E-state index contributed by atoms with van der Waals surface area (Å²) in [7, 11) is 0. The molecule has 0 aliphatic carbocycles. The van der Waals surface area contributed by atoms with Crippen LogP contribution in [0.5, 0.6) is 5.75 Å². The number of carbonyl (C=O) groups is 1. The van der Waals surface area contributed by atoms with Crippen molar-refractivity contribution in [1.82, 2.24) is 4.98 Å². The maximum absolute atomic E-state index is 13.5. The molecule has 0 radical (unpaired) electrons. The monoisotopic (exact) mass is 357 g/mol. The molecule has 2 aromatic rings. The molecule has 3 rings (SSSR count). The Kier molecular flexibility index (Phi) is 4.01. The summed E-state index contributed by atoms with van der Waals surface area (Å²) in [5.74, 6) is -2.57. The standard InChI is InChI=1S/C17H12F5NO2/c1-16(7-18)8-25-14-11(16)6-12(15(24)17(20,21)22)23-13(14)9-2-4-10(19)5-3-9/h2-6H,7-8H2,1H3. The molecule has 3 nitrogen and oxygen atoms in total. The van der Waals surface area contributed by atoms with E-state index >= 15 is 0 Å². The molecule has 132 valence electrons. The number of alkyl halides is 4. The number of rotatable bonds is 3. The molecule has 2 heterocycles. The molecule has 8 heteroatoms. The number of Topliss-reactive ketones (excluding diaryl/α,β-unsaturated/α-hetero) is 1. The number of nitrogens with zero attached hydrogens (tertiary/aromatic N) is 1. The third-order valence-electron chi connectivity index (χ3n) is 4.06. The largest absolute Gasteiger partial charge is 0.490 e. The Morgan fingerprint density at radius 1 is 1.28 bits per heavy atom. The molecular formula is C17H12F5NO2. The van der Waals surface area contributed by atoms with Crippen molar-refractivity contribution >= 4 is 5.78 Å². The quantitative estimate of drug-likeness (QED) is 0.609. The van der Waals surface area contributed by atoms with Crippen LogP contribution in [0.25, 0.3) is 11.3 Å². The van der Waals surface area contributed by atoms with Crippen molar-refractivity contribution in [3.8, 4) is 17.0 Å². The fraction of sp³-hybridized carbons (Fsp3) is 0.294. The highest BCUT2D eigenvalue weighted by atomic mass is 19.4. The zero-order valence-electron chi connectivity index (χ0n) is 13.0. The van der Waals surface area contributed by atoms with Gasteiger partial charge in [-0.05, 0) is 37.3 Å². The Morgan fingerprint density at radius 3 is 2.48 bits per heavy atom. The van der Waals surface area contributed by atoms with Crippen LogP contribution in [0.4, 0.5) is 22.0 Å². The van der Waals surface area contributed by atoms with Crippen molar-refractivity contribution in [1.29, 1.82) is 0 Å². The summed E-state index contributed by atoms with van der Waals surface area (Å²) < 4.78 is 70.4. The zero-order valence-corrected chi connectivity index (χ0v) is 13.0. The molecular weight excluding hydrogens is 345 g/mol. The number of aromatic nitrogens is 1. The first kappa shape index (κ1) is 17.3. The van der Waals surface area contributed by atoms with Gasteiger partial charge in [-0.25, -0.2) is 13.8 Å². The summed E-state index contributed by atoms with van der Waals surface area (Å²) in [6.45, 7) is 0.500. The number of ether oxygens (including phenoxy) is 1. The molecule has 1 atom stereocenters. The molecule has 0 N–H and O–H groups in total. The van der Waals surface area contributed by atoms with E-state index in [1.807, 2.05) is 0 Å². The fourth-order valence-corrected chi connectivity index (χ4v) is 2.61. The average Bonchev–Trinajstić information content (AvgIpc) is 2.91. The van der Waals surface area contributed by atoms with Crippen LogP contribution in [-0.2, 0) is 5.41 Å². The van der Waals surface area contributed by atoms with E-state index in [1.54, 1.807) is 0 Å². The van der Waals surface area contributed by atoms with Crippen molar-refractivity contribution < 1.29 is 31.5 Å². The van der Waals surface area contributed by atoms with Gasteiger partial charge >= 0.3 is 6.18 Å². The number of hydrogen-bond donors (Lipinski definition) is 0. The first-order valence-electron chi connectivity index (χ1n) is 7.27. The van der Waals surface area contributed by atoms with Crippen LogP contribution in [0.15, 0.2) is 30.3 Å². The molecule has 0 amide bonds. The van der Waals surface area contributed by atoms with Gasteiger partial charge in [-0.3, -0.25) is 4.79 Å². The van der Waals surface area contributed by atoms with Gasteiger partial charge in [0.2, 0.25) is 0 Å². The van der Waals surface area contributed by atoms with E-state index in [4.69, 9.17) is 4.74 Å². The van der Waals surface area contributed by atoms with Crippen LogP contribution in [0, 0.1) is 5.82 Å². The highest BCUT2D eigenvalue weighted by Crippen LogP contribution is 2.45. The SMILES string of the molecule is CC1(CF)COc2c1cc(C(=O)C(F)(F)F)nc2-c1ccc(F)cc1. The van der Waals surface area contributed by atoms with Gasteiger partial charge in [0.25, 0.3) is 5.78 Å². The molecule has 1 aromatic carbocycles. The summed E-state index contributed by atoms with van der Waals surface area (Å²) in [5.41, 5.74) is -1.69. The Hall–Kier alpha value is -2.51. The average molecular weight is 357 g/mol. The van der Waals surface area contributed by atoms with Gasteiger partial charge in [0, 0.05) is 11.1 Å². The van der Waals surface area contributed by atoms with E-state index < -0.39 is 35.6 Å². The molecule has 1 aliphatic rings. The van der Waals surface area contributed by atoms with E-state index in [0.29, 0.717) is 0 Å². The van der Waals surface area contributed by atoms with Gasteiger partial charge in [0.1, 0.15) is 36.2 Å². The van der Waals surface area contributed by atoms with Crippen LogP contribution in [0.1, 0.15) is 23.0 Å². The van der Waals surface area contributed by atoms with Gasteiger partial charge in [0.15, 0.2) is 0 Å². The number of hydrogen-bond acceptors (Lipinski definition) is 3. The number of benzene rings is 1. The predicted octanol–water partition coefficient (Wildman–Crippen LogP) is 4.25. The minimum Gasteiger partial charge on any atom is -0.490 e. The minimum atomic E-state index is -5.12.